The summed E-state index contributed by atoms with van der Waals surface area (Å²) in [5.74, 6) is -0.0719. The molecular weight excluding hydrogens is 260 g/mol. The second-order valence-corrected chi connectivity index (χ2v) is 5.31. The van der Waals surface area contributed by atoms with Gasteiger partial charge in [-0.1, -0.05) is 31.5 Å². The zero-order chi connectivity index (χ0) is 15.2. The van der Waals surface area contributed by atoms with Crippen molar-refractivity contribution >= 4 is 11.6 Å². The van der Waals surface area contributed by atoms with Gasteiger partial charge < -0.3 is 5.32 Å². The van der Waals surface area contributed by atoms with Gasteiger partial charge in [-0.2, -0.15) is 0 Å². The van der Waals surface area contributed by atoms with Crippen LogP contribution in [0.2, 0.25) is 0 Å². The standard InChI is InChI=1S/C18H22N2O/c1-4-5-9-15-12-13(2)19-14(3)17(15)18(21)20-16-10-7-6-8-11-16/h6-8,10-12H,4-5,9H2,1-3H3,(H,20,21). The van der Waals surface area contributed by atoms with Crippen molar-refractivity contribution in [1.82, 2.24) is 4.98 Å². The average Bonchev–Trinajstić information content (AvgIpc) is 2.45. The topological polar surface area (TPSA) is 42.0 Å². The maximum Gasteiger partial charge on any atom is 0.257 e. The van der Waals surface area contributed by atoms with Gasteiger partial charge in [0.25, 0.3) is 5.91 Å². The lowest BCUT2D eigenvalue weighted by molar-refractivity contribution is 0.102. The smallest absolute Gasteiger partial charge is 0.257 e. The van der Waals surface area contributed by atoms with E-state index in [2.05, 4.69) is 17.2 Å². The third kappa shape index (κ3) is 3.91. The highest BCUT2D eigenvalue weighted by Gasteiger charge is 2.16. The molecule has 0 unspecified atom stereocenters. The third-order valence-corrected chi connectivity index (χ3v) is 3.47. The van der Waals surface area contributed by atoms with E-state index in [-0.39, 0.29) is 5.91 Å². The van der Waals surface area contributed by atoms with Gasteiger partial charge in [0.05, 0.1) is 11.3 Å². The lowest BCUT2D eigenvalue weighted by Crippen LogP contribution is -2.17. The molecule has 1 aromatic carbocycles. The Kier molecular flexibility index (Phi) is 5.09. The molecule has 1 amide bonds. The van der Waals surface area contributed by atoms with Crippen LogP contribution in [-0.2, 0) is 6.42 Å². The fourth-order valence-corrected chi connectivity index (χ4v) is 2.50. The monoisotopic (exact) mass is 282 g/mol. The third-order valence-electron chi connectivity index (χ3n) is 3.47. The molecule has 0 saturated heterocycles. The number of aromatic nitrogens is 1. The van der Waals surface area contributed by atoms with Gasteiger partial charge in [-0.05, 0) is 50.5 Å². The molecule has 0 aliphatic heterocycles. The summed E-state index contributed by atoms with van der Waals surface area (Å²) < 4.78 is 0. The van der Waals surface area contributed by atoms with Crippen LogP contribution >= 0.6 is 0 Å². The molecule has 0 aliphatic rings. The summed E-state index contributed by atoms with van der Waals surface area (Å²) in [5, 5.41) is 2.96. The van der Waals surface area contributed by atoms with Crippen LogP contribution in [0.5, 0.6) is 0 Å². The first kappa shape index (κ1) is 15.2. The summed E-state index contributed by atoms with van der Waals surface area (Å²) in [6, 6.07) is 11.6. The van der Waals surface area contributed by atoms with E-state index in [1.807, 2.05) is 50.2 Å². The Labute approximate surface area is 126 Å². The first-order valence-electron chi connectivity index (χ1n) is 7.45. The highest BCUT2D eigenvalue weighted by Crippen LogP contribution is 2.19. The molecule has 3 nitrogen and oxygen atoms in total. The van der Waals surface area contributed by atoms with Crippen LogP contribution in [-0.4, -0.2) is 10.9 Å². The van der Waals surface area contributed by atoms with E-state index < -0.39 is 0 Å². The van der Waals surface area contributed by atoms with E-state index in [0.29, 0.717) is 0 Å². The molecule has 0 bridgehead atoms. The molecule has 0 spiro atoms. The van der Waals surface area contributed by atoms with Crippen molar-refractivity contribution in [1.29, 1.82) is 0 Å². The molecule has 3 heteroatoms. The average molecular weight is 282 g/mol. The minimum absolute atomic E-state index is 0.0719. The highest BCUT2D eigenvalue weighted by molar-refractivity contribution is 6.06. The van der Waals surface area contributed by atoms with Gasteiger partial charge in [0, 0.05) is 11.4 Å². The van der Waals surface area contributed by atoms with E-state index in [9.17, 15) is 4.79 Å². The summed E-state index contributed by atoms with van der Waals surface area (Å²) in [5.41, 5.74) is 4.39. The molecule has 0 aliphatic carbocycles. The van der Waals surface area contributed by atoms with Crippen molar-refractivity contribution in [3.05, 3.63) is 58.9 Å². The number of anilines is 1. The molecule has 2 aromatic rings. The zero-order valence-corrected chi connectivity index (χ0v) is 12.9. The van der Waals surface area contributed by atoms with Crippen molar-refractivity contribution in [3.63, 3.8) is 0 Å². The molecule has 1 aromatic heterocycles. The maximum atomic E-state index is 12.6. The number of pyridine rings is 1. The van der Waals surface area contributed by atoms with Crippen LogP contribution in [0.1, 0.15) is 47.1 Å². The Bertz CT molecular complexity index is 621. The summed E-state index contributed by atoms with van der Waals surface area (Å²) >= 11 is 0. The Morgan fingerprint density at radius 3 is 2.57 bits per heavy atom. The number of nitrogens with one attached hydrogen (secondary N) is 1. The van der Waals surface area contributed by atoms with Crippen molar-refractivity contribution in [2.75, 3.05) is 5.32 Å². The molecule has 21 heavy (non-hydrogen) atoms. The van der Waals surface area contributed by atoms with Gasteiger partial charge in [0.2, 0.25) is 0 Å². The van der Waals surface area contributed by atoms with Gasteiger partial charge in [0.1, 0.15) is 0 Å². The van der Waals surface area contributed by atoms with E-state index in [4.69, 9.17) is 0 Å². The molecule has 0 radical (unpaired) electrons. The minimum Gasteiger partial charge on any atom is -0.322 e. The predicted octanol–water partition coefficient (Wildman–Crippen LogP) is 4.29. The van der Waals surface area contributed by atoms with E-state index in [1.165, 1.54) is 0 Å². The second kappa shape index (κ2) is 7.02. The van der Waals surface area contributed by atoms with Crippen LogP contribution in [0.4, 0.5) is 5.69 Å². The summed E-state index contributed by atoms with van der Waals surface area (Å²) in [7, 11) is 0. The fraction of sp³-hybridized carbons (Fsp3) is 0.333. The molecule has 2 rings (SSSR count). The van der Waals surface area contributed by atoms with Gasteiger partial charge in [-0.15, -0.1) is 0 Å². The summed E-state index contributed by atoms with van der Waals surface area (Å²) in [4.78, 5) is 17.0. The van der Waals surface area contributed by atoms with Gasteiger partial charge >= 0.3 is 0 Å². The lowest BCUT2D eigenvalue weighted by atomic mass is 9.99. The Morgan fingerprint density at radius 2 is 1.90 bits per heavy atom. The predicted molar refractivity (Wildman–Crippen MR) is 86.7 cm³/mol. The molecule has 1 heterocycles. The Morgan fingerprint density at radius 1 is 1.19 bits per heavy atom. The van der Waals surface area contributed by atoms with Crippen LogP contribution in [0.15, 0.2) is 36.4 Å². The van der Waals surface area contributed by atoms with E-state index in [0.717, 1.165) is 47.5 Å². The van der Waals surface area contributed by atoms with Crippen LogP contribution in [0.3, 0.4) is 0 Å². The molecular formula is C18H22N2O. The number of hydrogen-bond donors (Lipinski definition) is 1. The summed E-state index contributed by atoms with van der Waals surface area (Å²) in [6.45, 7) is 6.04. The first-order chi connectivity index (χ1) is 10.1. The highest BCUT2D eigenvalue weighted by atomic mass is 16.1. The van der Waals surface area contributed by atoms with E-state index >= 15 is 0 Å². The zero-order valence-electron chi connectivity index (χ0n) is 12.9. The number of aryl methyl sites for hydroxylation is 3. The van der Waals surface area contributed by atoms with Crippen molar-refractivity contribution < 1.29 is 4.79 Å². The molecule has 0 atom stereocenters. The SMILES string of the molecule is CCCCc1cc(C)nc(C)c1C(=O)Nc1ccccc1. The molecule has 110 valence electrons. The Hall–Kier alpha value is -2.16. The number of para-hydroxylation sites is 1. The van der Waals surface area contributed by atoms with Crippen LogP contribution in [0, 0.1) is 13.8 Å². The fourth-order valence-electron chi connectivity index (χ4n) is 2.50. The van der Waals surface area contributed by atoms with Crippen molar-refractivity contribution in [3.8, 4) is 0 Å². The number of benzene rings is 1. The van der Waals surface area contributed by atoms with Crippen molar-refractivity contribution in [2.45, 2.75) is 40.0 Å². The minimum atomic E-state index is -0.0719. The number of unbranched alkanes of at least 4 members (excludes halogenated alkanes) is 1. The molecule has 0 saturated carbocycles. The van der Waals surface area contributed by atoms with Gasteiger partial charge in [0.15, 0.2) is 0 Å². The number of amides is 1. The molecule has 1 N–H and O–H groups in total. The Balaban J connectivity index is 2.30. The van der Waals surface area contributed by atoms with Gasteiger partial charge in [-0.25, -0.2) is 0 Å². The largest absolute Gasteiger partial charge is 0.322 e. The first-order valence-corrected chi connectivity index (χ1v) is 7.45. The molecule has 0 fully saturated rings. The number of carbonyl (C=O) groups excluding carboxylic acids is 1. The summed E-state index contributed by atoms with van der Waals surface area (Å²) in [6.07, 6.45) is 3.10. The number of rotatable bonds is 5. The second-order valence-electron chi connectivity index (χ2n) is 5.31. The number of nitrogens with zero attached hydrogens (tertiary/aromatic N) is 1. The van der Waals surface area contributed by atoms with Crippen LogP contribution in [0.25, 0.3) is 0 Å². The number of carbonyl (C=O) groups is 1. The van der Waals surface area contributed by atoms with Gasteiger partial charge in [-0.3, -0.25) is 9.78 Å². The maximum absolute atomic E-state index is 12.6. The van der Waals surface area contributed by atoms with Crippen LogP contribution < -0.4 is 5.32 Å². The number of hydrogen-bond acceptors (Lipinski definition) is 2. The van der Waals surface area contributed by atoms with E-state index in [1.54, 1.807) is 0 Å². The normalized spacial score (nSPS) is 10.4. The quantitative estimate of drug-likeness (QED) is 0.888. The van der Waals surface area contributed by atoms with Crippen molar-refractivity contribution in [2.24, 2.45) is 0 Å². The lowest BCUT2D eigenvalue weighted by Gasteiger charge is -2.13.